The van der Waals surface area contributed by atoms with Crippen molar-refractivity contribution in [2.75, 3.05) is 20.1 Å². The summed E-state index contributed by atoms with van der Waals surface area (Å²) in [6.07, 6.45) is 0.0569. The Kier molecular flexibility index (Phi) is 9.04. The Morgan fingerprint density at radius 3 is 2.50 bits per heavy atom. The van der Waals surface area contributed by atoms with E-state index in [4.69, 9.17) is 5.14 Å². The molecule has 0 saturated carbocycles. The highest BCUT2D eigenvalue weighted by molar-refractivity contribution is 14.0. The molecule has 1 heterocycles. The molecule has 10 heteroatoms. The van der Waals surface area contributed by atoms with Crippen LogP contribution in [0.4, 0.5) is 0 Å². The van der Waals surface area contributed by atoms with Gasteiger partial charge in [-0.2, -0.15) is 0 Å². The van der Waals surface area contributed by atoms with E-state index in [1.807, 2.05) is 30.3 Å². The Morgan fingerprint density at radius 2 is 1.87 bits per heavy atom. The zero-order valence-electron chi connectivity index (χ0n) is 16.4. The molecule has 7 nitrogen and oxygen atoms in total. The number of hydrogen-bond acceptors (Lipinski definition) is 5. The highest BCUT2D eigenvalue weighted by Gasteiger charge is 2.12. The van der Waals surface area contributed by atoms with Crippen molar-refractivity contribution in [3.05, 3.63) is 65.0 Å². The van der Waals surface area contributed by atoms with E-state index in [1.165, 1.54) is 12.1 Å². The van der Waals surface area contributed by atoms with Gasteiger partial charge in [-0.15, -0.1) is 35.3 Å². The molecule has 2 aromatic carbocycles. The standard InChI is InChI=1S/C20H24N4O3S2.HI/c1-22-20(23-11-10-14-6-8-16(9-7-14)29(21,26)27)24-13-17(25)19-12-15-4-2-3-5-18(15)28-19;/h2-9,12,17,25H,10-11,13H2,1H3,(H2,21,26,27)(H2,22,23,24);1H. The Hall–Kier alpha value is -1.73. The minimum absolute atomic E-state index is 0. The molecule has 3 aromatic rings. The van der Waals surface area contributed by atoms with Crippen LogP contribution in [0.15, 0.2) is 64.5 Å². The van der Waals surface area contributed by atoms with Gasteiger partial charge >= 0.3 is 0 Å². The van der Waals surface area contributed by atoms with E-state index in [0.717, 1.165) is 20.5 Å². The Morgan fingerprint density at radius 1 is 1.17 bits per heavy atom. The van der Waals surface area contributed by atoms with Gasteiger partial charge in [-0.3, -0.25) is 4.99 Å². The lowest BCUT2D eigenvalue weighted by Crippen LogP contribution is -2.40. The first-order valence-corrected chi connectivity index (χ1v) is 11.5. The molecule has 0 fully saturated rings. The zero-order valence-corrected chi connectivity index (χ0v) is 20.4. The van der Waals surface area contributed by atoms with Gasteiger partial charge in [0.15, 0.2) is 5.96 Å². The van der Waals surface area contributed by atoms with Crippen LogP contribution in [0, 0.1) is 0 Å². The molecule has 1 atom stereocenters. The maximum absolute atomic E-state index is 11.3. The van der Waals surface area contributed by atoms with Crippen LogP contribution in [0.2, 0.25) is 0 Å². The predicted molar refractivity (Wildman–Crippen MR) is 133 cm³/mol. The number of benzene rings is 2. The van der Waals surface area contributed by atoms with Crippen LogP contribution in [-0.4, -0.2) is 39.6 Å². The summed E-state index contributed by atoms with van der Waals surface area (Å²) in [6, 6.07) is 16.5. The number of nitrogens with two attached hydrogens (primary N) is 1. The van der Waals surface area contributed by atoms with Gasteiger partial charge in [-0.1, -0.05) is 30.3 Å². The van der Waals surface area contributed by atoms with E-state index in [2.05, 4.69) is 15.6 Å². The first kappa shape index (κ1) is 24.5. The summed E-state index contributed by atoms with van der Waals surface area (Å²) in [5, 5.41) is 23.0. The molecule has 162 valence electrons. The zero-order chi connectivity index (χ0) is 20.9. The highest BCUT2D eigenvalue weighted by atomic mass is 127. The second kappa shape index (κ2) is 11.0. The molecule has 0 aliphatic carbocycles. The fourth-order valence-corrected chi connectivity index (χ4v) is 4.42. The number of sulfonamides is 1. The summed E-state index contributed by atoms with van der Waals surface area (Å²) in [5.41, 5.74) is 0.977. The van der Waals surface area contributed by atoms with Crippen molar-refractivity contribution in [1.29, 1.82) is 0 Å². The van der Waals surface area contributed by atoms with E-state index in [1.54, 1.807) is 30.5 Å². The number of hydrogen-bond donors (Lipinski definition) is 4. The summed E-state index contributed by atoms with van der Waals surface area (Å²) in [6.45, 7) is 0.947. The number of primary sulfonamides is 1. The van der Waals surface area contributed by atoms with Gasteiger partial charge < -0.3 is 15.7 Å². The van der Waals surface area contributed by atoms with Crippen LogP contribution >= 0.6 is 35.3 Å². The van der Waals surface area contributed by atoms with Crippen molar-refractivity contribution in [1.82, 2.24) is 10.6 Å². The quantitative estimate of drug-likeness (QED) is 0.202. The lowest BCUT2D eigenvalue weighted by molar-refractivity contribution is 0.184. The molecule has 0 aliphatic heterocycles. The minimum Gasteiger partial charge on any atom is -0.386 e. The van der Waals surface area contributed by atoms with Crippen LogP contribution in [0.3, 0.4) is 0 Å². The number of rotatable bonds is 7. The van der Waals surface area contributed by atoms with Crippen molar-refractivity contribution >= 4 is 61.4 Å². The molecule has 5 N–H and O–H groups in total. The van der Waals surface area contributed by atoms with Gasteiger partial charge in [0.25, 0.3) is 0 Å². The molecular formula is C20H25IN4O3S2. The topological polar surface area (TPSA) is 117 Å². The van der Waals surface area contributed by atoms with Gasteiger partial charge in [0, 0.05) is 29.7 Å². The van der Waals surface area contributed by atoms with E-state index in [-0.39, 0.29) is 28.9 Å². The summed E-state index contributed by atoms with van der Waals surface area (Å²) in [7, 11) is -2.00. The van der Waals surface area contributed by atoms with E-state index < -0.39 is 16.1 Å². The van der Waals surface area contributed by atoms with Gasteiger partial charge in [-0.25, -0.2) is 13.6 Å². The third-order valence-corrected chi connectivity index (χ3v) is 6.56. The minimum atomic E-state index is -3.67. The van der Waals surface area contributed by atoms with Crippen LogP contribution in [0.5, 0.6) is 0 Å². The first-order valence-electron chi connectivity index (χ1n) is 9.09. The molecule has 0 amide bonds. The monoisotopic (exact) mass is 560 g/mol. The number of nitrogens with one attached hydrogen (secondary N) is 2. The number of aliphatic hydroxyl groups is 1. The van der Waals surface area contributed by atoms with E-state index in [0.29, 0.717) is 25.5 Å². The molecule has 0 aliphatic rings. The normalized spacial score (nSPS) is 13.0. The van der Waals surface area contributed by atoms with Crippen LogP contribution in [-0.2, 0) is 16.4 Å². The van der Waals surface area contributed by atoms with Gasteiger partial charge in [0.2, 0.25) is 10.0 Å². The summed E-state index contributed by atoms with van der Waals surface area (Å²) in [5.74, 6) is 0.589. The van der Waals surface area contributed by atoms with E-state index >= 15 is 0 Å². The van der Waals surface area contributed by atoms with Crippen molar-refractivity contribution in [2.24, 2.45) is 10.1 Å². The van der Waals surface area contributed by atoms with Crippen LogP contribution in [0.1, 0.15) is 16.5 Å². The molecular weight excluding hydrogens is 535 g/mol. The molecule has 1 unspecified atom stereocenters. The Labute approximate surface area is 197 Å². The first-order chi connectivity index (χ1) is 13.9. The van der Waals surface area contributed by atoms with E-state index in [9.17, 15) is 13.5 Å². The van der Waals surface area contributed by atoms with Gasteiger partial charge in [0.1, 0.15) is 6.10 Å². The second-order valence-corrected chi connectivity index (χ2v) is 9.20. The summed E-state index contributed by atoms with van der Waals surface area (Å²) >= 11 is 1.58. The molecule has 0 bridgehead atoms. The lowest BCUT2D eigenvalue weighted by Gasteiger charge is -2.14. The number of aliphatic hydroxyl groups excluding tert-OH is 1. The highest BCUT2D eigenvalue weighted by Crippen LogP contribution is 2.29. The number of fused-ring (bicyclic) bond motifs is 1. The Balaban J connectivity index is 0.00000320. The third-order valence-electron chi connectivity index (χ3n) is 4.42. The molecule has 1 aromatic heterocycles. The lowest BCUT2D eigenvalue weighted by atomic mass is 10.1. The largest absolute Gasteiger partial charge is 0.386 e. The number of aliphatic imine (C=N–C) groups is 1. The summed E-state index contributed by atoms with van der Waals surface area (Å²) < 4.78 is 23.7. The molecule has 3 rings (SSSR count). The van der Waals surface area contributed by atoms with Gasteiger partial charge in [-0.05, 0) is 41.6 Å². The molecule has 0 spiro atoms. The van der Waals surface area contributed by atoms with Crippen LogP contribution in [0.25, 0.3) is 10.1 Å². The third kappa shape index (κ3) is 6.64. The number of nitrogens with zero attached hydrogens (tertiary/aromatic N) is 1. The van der Waals surface area contributed by atoms with Crippen molar-refractivity contribution in [3.8, 4) is 0 Å². The van der Waals surface area contributed by atoms with Crippen molar-refractivity contribution in [3.63, 3.8) is 0 Å². The average molecular weight is 560 g/mol. The van der Waals surface area contributed by atoms with Crippen molar-refractivity contribution in [2.45, 2.75) is 17.4 Å². The number of thiophene rings is 1. The maximum atomic E-state index is 11.3. The summed E-state index contributed by atoms with van der Waals surface area (Å²) in [4.78, 5) is 5.17. The van der Waals surface area contributed by atoms with Crippen molar-refractivity contribution < 1.29 is 13.5 Å². The Bertz CT molecular complexity index is 1070. The maximum Gasteiger partial charge on any atom is 0.238 e. The predicted octanol–water partition coefficient (Wildman–Crippen LogP) is 2.61. The van der Waals surface area contributed by atoms with Crippen LogP contribution < -0.4 is 15.8 Å². The molecule has 0 saturated heterocycles. The smallest absolute Gasteiger partial charge is 0.238 e. The fraction of sp³-hybridized carbons (Fsp3) is 0.250. The SMILES string of the molecule is CN=C(NCCc1ccc(S(N)(=O)=O)cc1)NCC(O)c1cc2ccccc2s1.I. The average Bonchev–Trinajstić information content (AvgIpc) is 3.14. The number of halogens is 1. The second-order valence-electron chi connectivity index (χ2n) is 6.52. The number of guanidine groups is 1. The fourth-order valence-electron chi connectivity index (χ4n) is 2.85. The molecule has 0 radical (unpaired) electrons. The van der Waals surface area contributed by atoms with Gasteiger partial charge in [0.05, 0.1) is 4.90 Å². The molecule has 30 heavy (non-hydrogen) atoms.